The Kier molecular flexibility index (Phi) is 6.52. The van der Waals surface area contributed by atoms with E-state index in [0.717, 1.165) is 48.7 Å². The Balaban J connectivity index is 1.82. The summed E-state index contributed by atoms with van der Waals surface area (Å²) in [5, 5.41) is 8.99. The third kappa shape index (κ3) is 4.20. The van der Waals surface area contributed by atoms with Crippen LogP contribution in [0, 0.1) is 11.8 Å². The highest BCUT2D eigenvalue weighted by atomic mass is 35.5. The summed E-state index contributed by atoms with van der Waals surface area (Å²) in [5.41, 5.74) is 1.53. The van der Waals surface area contributed by atoms with Crippen molar-refractivity contribution in [2.75, 3.05) is 13.2 Å². The lowest BCUT2D eigenvalue weighted by molar-refractivity contribution is 0.0461. The molecular formula is C30H28Cl2O3. The van der Waals surface area contributed by atoms with Gasteiger partial charge >= 0.3 is 5.97 Å². The highest BCUT2D eigenvalue weighted by Crippen LogP contribution is 2.47. The van der Waals surface area contributed by atoms with E-state index >= 15 is 0 Å². The van der Waals surface area contributed by atoms with Gasteiger partial charge in [-0.05, 0) is 61.8 Å². The van der Waals surface area contributed by atoms with Crippen LogP contribution in [-0.2, 0) is 16.1 Å². The third-order valence-corrected chi connectivity index (χ3v) is 6.93. The smallest absolute Gasteiger partial charge is 0.338 e. The predicted octanol–water partition coefficient (Wildman–Crippen LogP) is 9.03. The van der Waals surface area contributed by atoms with Gasteiger partial charge in [-0.2, -0.15) is 0 Å². The summed E-state index contributed by atoms with van der Waals surface area (Å²) in [6.07, 6.45) is 0. The van der Waals surface area contributed by atoms with E-state index in [1.165, 1.54) is 0 Å². The number of esters is 1. The highest BCUT2D eigenvalue weighted by Gasteiger charge is 2.23. The molecule has 0 aliphatic carbocycles. The maximum absolute atomic E-state index is 13.0. The van der Waals surface area contributed by atoms with Gasteiger partial charge in [-0.25, -0.2) is 4.79 Å². The zero-order valence-corrected chi connectivity index (χ0v) is 21.9. The molecule has 5 rings (SSSR count). The van der Waals surface area contributed by atoms with Crippen LogP contribution in [0.4, 0.5) is 0 Å². The minimum Gasteiger partial charge on any atom is -0.462 e. The van der Waals surface area contributed by atoms with E-state index in [1.807, 2.05) is 38.1 Å². The number of hydrogen-bond acceptors (Lipinski definition) is 3. The van der Waals surface area contributed by atoms with Crippen molar-refractivity contribution >= 4 is 72.3 Å². The van der Waals surface area contributed by atoms with Crippen molar-refractivity contribution < 1.29 is 14.3 Å². The predicted molar refractivity (Wildman–Crippen MR) is 147 cm³/mol. The van der Waals surface area contributed by atoms with Crippen molar-refractivity contribution in [1.29, 1.82) is 0 Å². The summed E-state index contributed by atoms with van der Waals surface area (Å²) in [6.45, 7) is 9.83. The molecule has 35 heavy (non-hydrogen) atoms. The normalized spacial score (nSPS) is 12.2. The van der Waals surface area contributed by atoms with Gasteiger partial charge in [0.2, 0.25) is 0 Å². The Labute approximate surface area is 215 Å². The standard InChI is InChI=1S/C30H28Cl2O3/c1-16(2)13-34-15-18-11-24(31)28-22-10-6-8-20-23(30(33)35-14-17(3)4)12-25(32)29(27(20)22)21-9-5-7-19(18)26(21)28/h5-12,16-17H,13-15H2,1-4H3. The molecule has 0 aromatic heterocycles. The molecule has 5 aromatic rings. The van der Waals surface area contributed by atoms with Gasteiger partial charge in [-0.15, -0.1) is 0 Å². The first-order valence-electron chi connectivity index (χ1n) is 12.0. The number of carbonyl (C=O) groups excluding carboxylic acids is 1. The summed E-state index contributed by atoms with van der Waals surface area (Å²) in [7, 11) is 0. The molecule has 0 fully saturated rings. The topological polar surface area (TPSA) is 35.5 Å². The summed E-state index contributed by atoms with van der Waals surface area (Å²) in [6, 6.07) is 16.0. The monoisotopic (exact) mass is 506 g/mol. The summed E-state index contributed by atoms with van der Waals surface area (Å²) >= 11 is 13.9. The molecule has 0 unspecified atom stereocenters. The SMILES string of the molecule is CC(C)COCc1cc(Cl)c2c3cccc4c(C(=O)OCC(C)C)cc(Cl)c(c5cccc1c52)c43. The van der Waals surface area contributed by atoms with E-state index in [0.29, 0.717) is 41.3 Å². The number of benzene rings is 5. The van der Waals surface area contributed by atoms with Gasteiger partial charge in [0.25, 0.3) is 0 Å². The number of rotatable bonds is 7. The van der Waals surface area contributed by atoms with Gasteiger partial charge in [0.05, 0.1) is 18.8 Å². The van der Waals surface area contributed by atoms with Crippen molar-refractivity contribution in [3.63, 3.8) is 0 Å². The van der Waals surface area contributed by atoms with Crippen molar-refractivity contribution in [2.45, 2.75) is 34.3 Å². The zero-order valence-electron chi connectivity index (χ0n) is 20.4. The summed E-state index contributed by atoms with van der Waals surface area (Å²) < 4.78 is 11.5. The molecule has 0 atom stereocenters. The van der Waals surface area contributed by atoms with Crippen LogP contribution in [0.15, 0.2) is 48.5 Å². The van der Waals surface area contributed by atoms with E-state index < -0.39 is 0 Å². The lowest BCUT2D eigenvalue weighted by atomic mass is 9.87. The summed E-state index contributed by atoms with van der Waals surface area (Å²) in [5.74, 6) is 0.337. The number of ether oxygens (including phenoxy) is 2. The van der Waals surface area contributed by atoms with Crippen molar-refractivity contribution in [3.8, 4) is 0 Å². The lowest BCUT2D eigenvalue weighted by Crippen LogP contribution is -2.11. The largest absolute Gasteiger partial charge is 0.462 e. The van der Waals surface area contributed by atoms with Crippen LogP contribution in [0.5, 0.6) is 0 Å². The maximum Gasteiger partial charge on any atom is 0.338 e. The van der Waals surface area contributed by atoms with Gasteiger partial charge in [-0.3, -0.25) is 0 Å². The molecule has 180 valence electrons. The van der Waals surface area contributed by atoms with Gasteiger partial charge in [0.15, 0.2) is 0 Å². The molecule has 0 amide bonds. The molecule has 0 N–H and O–H groups in total. The minimum absolute atomic E-state index is 0.247. The van der Waals surface area contributed by atoms with Gasteiger partial charge in [-0.1, -0.05) is 87.3 Å². The molecule has 5 heteroatoms. The molecular weight excluding hydrogens is 479 g/mol. The minimum atomic E-state index is -0.364. The molecule has 0 bridgehead atoms. The number of fused-ring (bicyclic) bond motifs is 2. The summed E-state index contributed by atoms with van der Waals surface area (Å²) in [4.78, 5) is 13.0. The average molecular weight is 507 g/mol. The molecule has 0 heterocycles. The Bertz CT molecular complexity index is 1570. The van der Waals surface area contributed by atoms with E-state index in [1.54, 1.807) is 6.07 Å². The second-order valence-corrected chi connectivity index (χ2v) is 10.8. The highest BCUT2D eigenvalue weighted by molar-refractivity contribution is 6.47. The maximum atomic E-state index is 13.0. The number of hydrogen-bond donors (Lipinski definition) is 0. The Morgan fingerprint density at radius 1 is 0.743 bits per heavy atom. The van der Waals surface area contributed by atoms with E-state index in [-0.39, 0.29) is 11.9 Å². The van der Waals surface area contributed by atoms with Crippen molar-refractivity contribution in [3.05, 3.63) is 69.7 Å². The third-order valence-electron chi connectivity index (χ3n) is 6.33. The van der Waals surface area contributed by atoms with Crippen molar-refractivity contribution in [2.24, 2.45) is 11.8 Å². The van der Waals surface area contributed by atoms with Crippen LogP contribution in [0.1, 0.15) is 43.6 Å². The first-order valence-corrected chi connectivity index (χ1v) is 12.8. The fraction of sp³-hybridized carbons (Fsp3) is 0.300. The molecule has 0 aliphatic heterocycles. The Morgan fingerprint density at radius 3 is 1.91 bits per heavy atom. The van der Waals surface area contributed by atoms with Crippen LogP contribution in [0.25, 0.3) is 43.1 Å². The Hall–Kier alpha value is -2.59. The number of carbonyl (C=O) groups is 1. The average Bonchev–Trinajstić information content (AvgIpc) is 2.82. The first-order chi connectivity index (χ1) is 16.8. The van der Waals surface area contributed by atoms with Gasteiger partial charge in [0, 0.05) is 27.4 Å². The van der Waals surface area contributed by atoms with Crippen LogP contribution >= 0.6 is 23.2 Å². The Morgan fingerprint density at radius 2 is 1.29 bits per heavy atom. The fourth-order valence-corrected chi connectivity index (χ4v) is 5.54. The van der Waals surface area contributed by atoms with Crippen molar-refractivity contribution in [1.82, 2.24) is 0 Å². The molecule has 5 aromatic carbocycles. The second kappa shape index (κ2) is 9.46. The van der Waals surface area contributed by atoms with Gasteiger partial charge in [0.1, 0.15) is 0 Å². The van der Waals surface area contributed by atoms with Crippen LogP contribution in [0.2, 0.25) is 10.0 Å². The van der Waals surface area contributed by atoms with Crippen LogP contribution < -0.4 is 0 Å². The van der Waals surface area contributed by atoms with E-state index in [2.05, 4.69) is 32.0 Å². The molecule has 0 aliphatic rings. The zero-order chi connectivity index (χ0) is 24.9. The second-order valence-electron chi connectivity index (χ2n) is 10.0. The molecule has 0 spiro atoms. The first kappa shape index (κ1) is 24.1. The molecule has 0 radical (unpaired) electrons. The van der Waals surface area contributed by atoms with Crippen LogP contribution in [0.3, 0.4) is 0 Å². The number of halogens is 2. The molecule has 0 saturated carbocycles. The van der Waals surface area contributed by atoms with Gasteiger partial charge < -0.3 is 9.47 Å². The quantitative estimate of drug-likeness (QED) is 0.125. The van der Waals surface area contributed by atoms with E-state index in [9.17, 15) is 4.79 Å². The lowest BCUT2D eigenvalue weighted by Gasteiger charge is -2.20. The fourth-order valence-electron chi connectivity index (χ4n) is 4.91. The molecule has 3 nitrogen and oxygen atoms in total. The molecule has 0 saturated heterocycles. The van der Waals surface area contributed by atoms with E-state index in [4.69, 9.17) is 32.7 Å². The van der Waals surface area contributed by atoms with Crippen LogP contribution in [-0.4, -0.2) is 19.2 Å².